The summed E-state index contributed by atoms with van der Waals surface area (Å²) in [5.74, 6) is -4.14. The molecule has 12 nitrogen and oxygen atoms in total. The fraction of sp³-hybridized carbons (Fsp3) is 0.750. The van der Waals surface area contributed by atoms with Gasteiger partial charge in [-0.2, -0.15) is 0 Å². The maximum Gasteiger partial charge on any atom is 0.326 e. The summed E-state index contributed by atoms with van der Waals surface area (Å²) >= 11 is 0. The van der Waals surface area contributed by atoms with Gasteiger partial charge in [-0.1, -0.05) is 0 Å². The van der Waals surface area contributed by atoms with E-state index in [-0.39, 0.29) is 13.0 Å². The van der Waals surface area contributed by atoms with Crippen molar-refractivity contribution in [2.24, 2.45) is 5.73 Å². The molecule has 0 aromatic rings. The van der Waals surface area contributed by atoms with Gasteiger partial charge in [-0.3, -0.25) is 19.2 Å². The molecule has 7 N–H and O–H groups in total. The summed E-state index contributed by atoms with van der Waals surface area (Å²) in [5.41, 5.74) is 5.43. The van der Waals surface area contributed by atoms with E-state index in [2.05, 4.69) is 16.0 Å². The maximum atomic E-state index is 13.1. The van der Waals surface area contributed by atoms with Crippen LogP contribution in [-0.2, 0) is 24.0 Å². The molecule has 2 rings (SSSR count). The Morgan fingerprint density at radius 1 is 1.00 bits per heavy atom. The van der Waals surface area contributed by atoms with Crippen LogP contribution in [0, 0.1) is 0 Å². The van der Waals surface area contributed by atoms with Gasteiger partial charge in [-0.15, -0.1) is 0 Å². The number of amides is 3. The van der Waals surface area contributed by atoms with E-state index < -0.39 is 60.2 Å². The molecule has 2 saturated heterocycles. The van der Waals surface area contributed by atoms with Crippen molar-refractivity contribution < 1.29 is 34.2 Å². The Balaban J connectivity index is 2.05. The van der Waals surface area contributed by atoms with Crippen LogP contribution in [-0.4, -0.2) is 88.6 Å². The molecule has 0 aliphatic carbocycles. The molecule has 3 amide bonds. The molecular weight excluding hydrogens is 422 g/mol. The van der Waals surface area contributed by atoms with Crippen LogP contribution in [0.3, 0.4) is 0 Å². The first-order valence-electron chi connectivity index (χ1n) is 11.0. The average Bonchev–Trinajstić information content (AvgIpc) is 3.43. The minimum Gasteiger partial charge on any atom is -0.481 e. The van der Waals surface area contributed by atoms with E-state index in [0.717, 1.165) is 6.42 Å². The zero-order valence-electron chi connectivity index (χ0n) is 18.0. The highest BCUT2D eigenvalue weighted by Gasteiger charge is 2.40. The van der Waals surface area contributed by atoms with E-state index in [0.29, 0.717) is 45.2 Å². The number of hydrogen-bond donors (Lipinski definition) is 6. The van der Waals surface area contributed by atoms with Gasteiger partial charge in [0.1, 0.15) is 18.1 Å². The standard InChI is InChI=1S/C20H33N5O7/c21-8-2-1-5-13(20(31)32)23-18(29)15-7-4-10-25(15)19(30)14(11-16(26)27)24-17(28)12-6-3-9-22-12/h12-15,22H,1-11,21H2,(H,23,29)(H,24,28)(H,26,27)(H,31,32). The second-order valence-electron chi connectivity index (χ2n) is 8.18. The summed E-state index contributed by atoms with van der Waals surface area (Å²) < 4.78 is 0. The van der Waals surface area contributed by atoms with Crippen molar-refractivity contribution in [2.45, 2.75) is 75.5 Å². The number of nitrogens with zero attached hydrogens (tertiary/aromatic N) is 1. The van der Waals surface area contributed by atoms with Crippen molar-refractivity contribution in [2.75, 3.05) is 19.6 Å². The van der Waals surface area contributed by atoms with E-state index in [1.807, 2.05) is 0 Å². The number of nitrogens with two attached hydrogens (primary N) is 1. The number of carboxylic acids is 2. The van der Waals surface area contributed by atoms with Gasteiger partial charge in [0.2, 0.25) is 17.7 Å². The molecule has 0 radical (unpaired) electrons. The summed E-state index contributed by atoms with van der Waals surface area (Å²) in [6.45, 7) is 1.30. The Kier molecular flexibility index (Phi) is 9.85. The van der Waals surface area contributed by atoms with Crippen molar-refractivity contribution in [1.29, 1.82) is 0 Å². The number of likely N-dealkylation sites (tertiary alicyclic amines) is 1. The smallest absolute Gasteiger partial charge is 0.326 e. The first-order chi connectivity index (χ1) is 15.2. The van der Waals surface area contributed by atoms with Gasteiger partial charge in [0.15, 0.2) is 0 Å². The van der Waals surface area contributed by atoms with Gasteiger partial charge in [-0.25, -0.2) is 4.79 Å². The summed E-state index contributed by atoms with van der Waals surface area (Å²) in [6.07, 6.45) is 2.99. The van der Waals surface area contributed by atoms with Gasteiger partial charge in [-0.05, 0) is 58.0 Å². The predicted molar refractivity (Wildman–Crippen MR) is 112 cm³/mol. The monoisotopic (exact) mass is 455 g/mol. The zero-order valence-corrected chi connectivity index (χ0v) is 18.0. The van der Waals surface area contributed by atoms with Crippen molar-refractivity contribution in [3.8, 4) is 0 Å². The van der Waals surface area contributed by atoms with Crippen LogP contribution in [0.15, 0.2) is 0 Å². The van der Waals surface area contributed by atoms with Gasteiger partial charge in [0, 0.05) is 6.54 Å². The minimum absolute atomic E-state index is 0.213. The third-order valence-electron chi connectivity index (χ3n) is 5.77. The summed E-state index contributed by atoms with van der Waals surface area (Å²) in [5, 5.41) is 26.6. The zero-order chi connectivity index (χ0) is 23.7. The van der Waals surface area contributed by atoms with E-state index in [4.69, 9.17) is 5.73 Å². The molecule has 32 heavy (non-hydrogen) atoms. The second-order valence-corrected chi connectivity index (χ2v) is 8.18. The van der Waals surface area contributed by atoms with Crippen molar-refractivity contribution >= 4 is 29.7 Å². The molecule has 12 heteroatoms. The molecule has 4 atom stereocenters. The highest BCUT2D eigenvalue weighted by atomic mass is 16.4. The molecule has 0 spiro atoms. The number of rotatable bonds is 12. The van der Waals surface area contributed by atoms with Crippen LogP contribution >= 0.6 is 0 Å². The van der Waals surface area contributed by atoms with Crippen LogP contribution in [0.2, 0.25) is 0 Å². The number of hydrogen-bond acceptors (Lipinski definition) is 7. The Labute approximate surface area is 186 Å². The molecule has 0 bridgehead atoms. The number of aliphatic carboxylic acids is 2. The van der Waals surface area contributed by atoms with E-state index in [1.54, 1.807) is 0 Å². The fourth-order valence-electron chi connectivity index (χ4n) is 4.08. The predicted octanol–water partition coefficient (Wildman–Crippen LogP) is -1.61. The lowest BCUT2D eigenvalue weighted by molar-refractivity contribution is -0.147. The second kappa shape index (κ2) is 12.3. The molecule has 0 saturated carbocycles. The molecule has 2 heterocycles. The van der Waals surface area contributed by atoms with Crippen LogP contribution < -0.4 is 21.7 Å². The lowest BCUT2D eigenvalue weighted by atomic mass is 10.1. The number of carboxylic acid groups (broad SMARTS) is 2. The molecule has 2 aliphatic heterocycles. The quantitative estimate of drug-likeness (QED) is 0.188. The molecule has 180 valence electrons. The topological polar surface area (TPSA) is 191 Å². The highest BCUT2D eigenvalue weighted by Crippen LogP contribution is 2.20. The Hall–Kier alpha value is -2.73. The van der Waals surface area contributed by atoms with Crippen LogP contribution in [0.5, 0.6) is 0 Å². The molecule has 2 fully saturated rings. The summed E-state index contributed by atoms with van der Waals surface area (Å²) in [6, 6.07) is -3.82. The van der Waals surface area contributed by atoms with Crippen LogP contribution in [0.25, 0.3) is 0 Å². The van der Waals surface area contributed by atoms with Gasteiger partial charge in [0.05, 0.1) is 12.5 Å². The lowest BCUT2D eigenvalue weighted by Crippen LogP contribution is -2.57. The van der Waals surface area contributed by atoms with Crippen molar-refractivity contribution in [1.82, 2.24) is 20.9 Å². The lowest BCUT2D eigenvalue weighted by Gasteiger charge is -2.29. The molecule has 2 aliphatic rings. The van der Waals surface area contributed by atoms with E-state index in [9.17, 15) is 34.2 Å². The van der Waals surface area contributed by atoms with Crippen LogP contribution in [0.1, 0.15) is 51.4 Å². The Morgan fingerprint density at radius 2 is 1.72 bits per heavy atom. The third kappa shape index (κ3) is 7.16. The van der Waals surface area contributed by atoms with Gasteiger partial charge >= 0.3 is 11.9 Å². The normalized spacial score (nSPS) is 22.2. The summed E-state index contributed by atoms with van der Waals surface area (Å²) in [4.78, 5) is 62.3. The highest BCUT2D eigenvalue weighted by molar-refractivity contribution is 5.96. The number of nitrogens with one attached hydrogen (secondary N) is 3. The molecule has 0 aromatic heterocycles. The summed E-state index contributed by atoms with van der Waals surface area (Å²) in [7, 11) is 0. The minimum atomic E-state index is -1.31. The average molecular weight is 456 g/mol. The Bertz CT molecular complexity index is 710. The Morgan fingerprint density at radius 3 is 2.31 bits per heavy atom. The SMILES string of the molecule is NCCCCC(NC(=O)C1CCCN1C(=O)C(CC(=O)O)NC(=O)C1CCCN1)C(=O)O. The first-order valence-corrected chi connectivity index (χ1v) is 11.0. The number of unbranched alkanes of at least 4 members (excludes halogenated alkanes) is 1. The molecule has 4 unspecified atom stereocenters. The van der Waals surface area contributed by atoms with E-state index in [1.165, 1.54) is 4.90 Å². The third-order valence-corrected chi connectivity index (χ3v) is 5.77. The van der Waals surface area contributed by atoms with Crippen molar-refractivity contribution in [3.05, 3.63) is 0 Å². The van der Waals surface area contributed by atoms with Crippen LogP contribution in [0.4, 0.5) is 0 Å². The van der Waals surface area contributed by atoms with Gasteiger partial charge < -0.3 is 36.8 Å². The molecular formula is C20H33N5O7. The van der Waals surface area contributed by atoms with Gasteiger partial charge in [0.25, 0.3) is 0 Å². The largest absolute Gasteiger partial charge is 0.481 e. The molecule has 0 aromatic carbocycles. The number of carbonyl (C=O) groups excluding carboxylic acids is 3. The van der Waals surface area contributed by atoms with E-state index >= 15 is 0 Å². The first kappa shape index (κ1) is 25.5. The number of carbonyl (C=O) groups is 5. The maximum absolute atomic E-state index is 13.1. The fourth-order valence-corrected chi connectivity index (χ4v) is 4.08. The van der Waals surface area contributed by atoms with Crippen molar-refractivity contribution in [3.63, 3.8) is 0 Å².